The molecule has 0 bridgehead atoms. The van der Waals surface area contributed by atoms with Crippen LogP contribution in [0.15, 0.2) is 0 Å². The van der Waals surface area contributed by atoms with Crippen LogP contribution < -0.4 is 0 Å². The first-order valence-corrected chi connectivity index (χ1v) is 7.23. The van der Waals surface area contributed by atoms with E-state index in [1.807, 2.05) is 0 Å². The van der Waals surface area contributed by atoms with Gasteiger partial charge in [0.1, 0.15) is 0 Å². The molecule has 118 valence electrons. The highest BCUT2D eigenvalue weighted by atomic mass is 16.5. The topological polar surface area (TPSA) is 93.1 Å². The Morgan fingerprint density at radius 2 is 1.15 bits per heavy atom. The van der Waals surface area contributed by atoms with E-state index in [1.165, 1.54) is 0 Å². The first kappa shape index (κ1) is 18.9. The maximum atomic E-state index is 11.3. The summed E-state index contributed by atoms with van der Waals surface area (Å²) in [6.45, 7) is 0.756. The van der Waals surface area contributed by atoms with Crippen molar-refractivity contribution in [3.8, 4) is 0 Å². The zero-order valence-electron chi connectivity index (χ0n) is 12.0. The highest BCUT2D eigenvalue weighted by Gasteiger charge is 2.05. The number of carbonyl (C=O) groups excluding carboxylic acids is 2. The van der Waals surface area contributed by atoms with Gasteiger partial charge in [0.05, 0.1) is 13.2 Å². The number of aliphatic hydroxyl groups is 2. The lowest BCUT2D eigenvalue weighted by atomic mass is 10.1. The van der Waals surface area contributed by atoms with Gasteiger partial charge in [0.15, 0.2) is 0 Å². The summed E-state index contributed by atoms with van der Waals surface area (Å²) in [7, 11) is 0. The van der Waals surface area contributed by atoms with E-state index in [1.54, 1.807) is 0 Å². The molecule has 0 heterocycles. The first-order valence-electron chi connectivity index (χ1n) is 7.23. The average molecular weight is 290 g/mol. The van der Waals surface area contributed by atoms with Crippen LogP contribution in [-0.4, -0.2) is 48.6 Å². The Morgan fingerprint density at radius 3 is 1.65 bits per heavy atom. The van der Waals surface area contributed by atoms with Gasteiger partial charge in [0.25, 0.3) is 0 Å². The second kappa shape index (κ2) is 14.3. The van der Waals surface area contributed by atoms with Gasteiger partial charge < -0.3 is 19.7 Å². The number of unbranched alkanes of at least 4 members (excludes halogenated alkanes) is 3. The van der Waals surface area contributed by atoms with Crippen molar-refractivity contribution >= 4 is 11.9 Å². The van der Waals surface area contributed by atoms with Crippen molar-refractivity contribution in [1.82, 2.24) is 0 Å². The molecule has 0 aliphatic rings. The Morgan fingerprint density at radius 1 is 0.650 bits per heavy atom. The molecule has 0 atom stereocenters. The van der Waals surface area contributed by atoms with Gasteiger partial charge in [0.2, 0.25) is 0 Å². The third-order valence-electron chi connectivity index (χ3n) is 2.64. The van der Waals surface area contributed by atoms with Crippen LogP contribution in [0.2, 0.25) is 0 Å². The van der Waals surface area contributed by atoms with Gasteiger partial charge in [0, 0.05) is 32.5 Å². The summed E-state index contributed by atoms with van der Waals surface area (Å²) < 4.78 is 9.85. The van der Waals surface area contributed by atoms with Crippen molar-refractivity contribution in [2.45, 2.75) is 51.4 Å². The van der Waals surface area contributed by atoms with Gasteiger partial charge in [-0.2, -0.15) is 0 Å². The van der Waals surface area contributed by atoms with Crippen molar-refractivity contribution in [2.24, 2.45) is 0 Å². The van der Waals surface area contributed by atoms with E-state index in [0.717, 1.165) is 6.42 Å². The van der Waals surface area contributed by atoms with E-state index < -0.39 is 0 Å². The third-order valence-corrected chi connectivity index (χ3v) is 2.64. The van der Waals surface area contributed by atoms with E-state index in [-0.39, 0.29) is 31.8 Å². The molecule has 6 heteroatoms. The van der Waals surface area contributed by atoms with Crippen molar-refractivity contribution < 1.29 is 29.3 Å². The highest BCUT2D eigenvalue weighted by Crippen LogP contribution is 2.05. The Kier molecular flexibility index (Phi) is 13.5. The lowest BCUT2D eigenvalue weighted by Gasteiger charge is -2.05. The lowest BCUT2D eigenvalue weighted by Crippen LogP contribution is -2.07. The largest absolute Gasteiger partial charge is 0.466 e. The minimum Gasteiger partial charge on any atom is -0.466 e. The number of esters is 2. The van der Waals surface area contributed by atoms with Crippen LogP contribution in [0.1, 0.15) is 51.4 Å². The predicted molar refractivity (Wildman–Crippen MR) is 73.0 cm³/mol. The maximum absolute atomic E-state index is 11.3. The molecule has 0 aliphatic heterocycles. The van der Waals surface area contributed by atoms with Crippen molar-refractivity contribution in [1.29, 1.82) is 0 Å². The van der Waals surface area contributed by atoms with Crippen molar-refractivity contribution in [3.05, 3.63) is 0 Å². The summed E-state index contributed by atoms with van der Waals surface area (Å²) in [5.74, 6) is -0.488. The average Bonchev–Trinajstić information content (AvgIpc) is 2.43. The van der Waals surface area contributed by atoms with Crippen LogP contribution in [0.3, 0.4) is 0 Å². The Balaban J connectivity index is 3.30. The van der Waals surface area contributed by atoms with Gasteiger partial charge >= 0.3 is 11.9 Å². The fourth-order valence-corrected chi connectivity index (χ4v) is 1.51. The molecule has 2 N–H and O–H groups in total. The van der Waals surface area contributed by atoms with Gasteiger partial charge in [-0.1, -0.05) is 6.42 Å². The van der Waals surface area contributed by atoms with Crippen molar-refractivity contribution in [2.75, 3.05) is 26.4 Å². The Labute approximate surface area is 120 Å². The fraction of sp³-hybridized carbons (Fsp3) is 0.857. The molecule has 6 nitrogen and oxygen atoms in total. The summed E-state index contributed by atoms with van der Waals surface area (Å²) in [4.78, 5) is 22.5. The van der Waals surface area contributed by atoms with Gasteiger partial charge in [-0.15, -0.1) is 0 Å². The zero-order chi connectivity index (χ0) is 15.1. The first-order chi connectivity index (χ1) is 9.70. The normalized spacial score (nSPS) is 10.3. The monoisotopic (exact) mass is 290 g/mol. The van der Waals surface area contributed by atoms with Gasteiger partial charge in [-0.25, -0.2) is 0 Å². The molecule has 0 aromatic rings. The SMILES string of the molecule is O=C(CCCCCC(=O)OCCCCO)OCCCO. The summed E-state index contributed by atoms with van der Waals surface area (Å²) in [6.07, 6.45) is 4.66. The molecule has 0 saturated heterocycles. The molecule has 0 saturated carbocycles. The van der Waals surface area contributed by atoms with Crippen LogP contribution in [0.5, 0.6) is 0 Å². The summed E-state index contributed by atoms with van der Waals surface area (Å²) in [5.41, 5.74) is 0. The minimum atomic E-state index is -0.259. The van der Waals surface area contributed by atoms with Crippen LogP contribution in [-0.2, 0) is 19.1 Å². The fourth-order valence-electron chi connectivity index (χ4n) is 1.51. The molecule has 20 heavy (non-hydrogen) atoms. The molecular weight excluding hydrogens is 264 g/mol. The van der Waals surface area contributed by atoms with E-state index in [9.17, 15) is 9.59 Å². The molecule has 0 fully saturated rings. The molecule has 0 radical (unpaired) electrons. The Hall–Kier alpha value is -1.14. The summed E-state index contributed by atoms with van der Waals surface area (Å²) in [6, 6.07) is 0. The predicted octanol–water partition coefficient (Wildman–Crippen LogP) is 1.18. The summed E-state index contributed by atoms with van der Waals surface area (Å²) >= 11 is 0. The van der Waals surface area contributed by atoms with Crippen LogP contribution in [0.4, 0.5) is 0 Å². The molecule has 0 spiro atoms. The molecule has 0 aliphatic carbocycles. The van der Waals surface area contributed by atoms with E-state index in [2.05, 4.69) is 0 Å². The molecule has 0 rings (SSSR count). The van der Waals surface area contributed by atoms with Crippen LogP contribution in [0.25, 0.3) is 0 Å². The molecule has 0 unspecified atom stereocenters. The van der Waals surface area contributed by atoms with Crippen molar-refractivity contribution in [3.63, 3.8) is 0 Å². The number of rotatable bonds is 13. The minimum absolute atomic E-state index is 0.0215. The smallest absolute Gasteiger partial charge is 0.305 e. The second-order valence-corrected chi connectivity index (χ2v) is 4.51. The van der Waals surface area contributed by atoms with Crippen LogP contribution in [0, 0.1) is 0 Å². The molecular formula is C14H26O6. The lowest BCUT2D eigenvalue weighted by molar-refractivity contribution is -0.144. The maximum Gasteiger partial charge on any atom is 0.305 e. The van der Waals surface area contributed by atoms with E-state index in [4.69, 9.17) is 19.7 Å². The zero-order valence-corrected chi connectivity index (χ0v) is 12.0. The molecule has 0 aromatic carbocycles. The van der Waals surface area contributed by atoms with E-state index in [0.29, 0.717) is 51.6 Å². The van der Waals surface area contributed by atoms with Gasteiger partial charge in [-0.3, -0.25) is 9.59 Å². The Bertz CT molecular complexity index is 254. The molecule has 0 amide bonds. The number of carbonyl (C=O) groups is 2. The highest BCUT2D eigenvalue weighted by molar-refractivity contribution is 5.69. The number of ether oxygens (including phenoxy) is 2. The number of hydrogen-bond donors (Lipinski definition) is 2. The van der Waals surface area contributed by atoms with E-state index >= 15 is 0 Å². The standard InChI is InChI=1S/C14H26O6/c15-9-4-5-11-19-13(17)7-2-1-3-8-14(18)20-12-6-10-16/h15-16H,1-12H2. The quantitative estimate of drug-likeness (QED) is 0.391. The summed E-state index contributed by atoms with van der Waals surface area (Å²) in [5, 5.41) is 17.1. The third kappa shape index (κ3) is 13.3. The molecule has 0 aromatic heterocycles. The second-order valence-electron chi connectivity index (χ2n) is 4.51. The number of aliphatic hydroxyl groups excluding tert-OH is 2. The van der Waals surface area contributed by atoms with Crippen LogP contribution >= 0.6 is 0 Å². The number of hydrogen-bond acceptors (Lipinski definition) is 6. The van der Waals surface area contributed by atoms with Gasteiger partial charge in [-0.05, 0) is 25.7 Å².